The van der Waals surface area contributed by atoms with Crippen molar-refractivity contribution in [3.05, 3.63) is 35.6 Å². The van der Waals surface area contributed by atoms with E-state index in [4.69, 9.17) is 16.4 Å². The summed E-state index contributed by atoms with van der Waals surface area (Å²) < 4.78 is 54.4. The van der Waals surface area contributed by atoms with E-state index < -0.39 is 24.4 Å². The van der Waals surface area contributed by atoms with Crippen LogP contribution in [0, 0.1) is 0 Å². The maximum atomic E-state index is 13.0. The molecular weight excluding hydrogens is 408 g/mol. The number of carbonyl (C=O) groups excluding carboxylic acids is 1. The number of hydrogen-bond donors (Lipinski definition) is 2. The van der Waals surface area contributed by atoms with Gasteiger partial charge in [-0.25, -0.2) is 4.84 Å². The van der Waals surface area contributed by atoms with Crippen LogP contribution in [-0.2, 0) is 9.63 Å². The lowest BCUT2D eigenvalue weighted by molar-refractivity contribution is -0.253. The first kappa shape index (κ1) is 20.5. The van der Waals surface area contributed by atoms with Gasteiger partial charge in [-0.3, -0.25) is 9.80 Å². The Bertz CT molecular complexity index is 763. The van der Waals surface area contributed by atoms with Gasteiger partial charge in [0.25, 0.3) is 5.91 Å². The van der Waals surface area contributed by atoms with Crippen molar-refractivity contribution in [2.75, 3.05) is 5.01 Å². The Morgan fingerprint density at radius 2 is 2.07 bits per heavy atom. The lowest BCUT2D eigenvalue weighted by Gasteiger charge is -2.25. The van der Waals surface area contributed by atoms with Crippen molar-refractivity contribution < 1.29 is 31.9 Å². The average Bonchev–Trinajstić information content (AvgIpc) is 3.30. The summed E-state index contributed by atoms with van der Waals surface area (Å²) >= 11 is 6.03. The Labute approximate surface area is 162 Å². The minimum absolute atomic E-state index is 0.0407. The normalized spacial score (nSPS) is 18.0. The van der Waals surface area contributed by atoms with E-state index in [2.05, 4.69) is 15.6 Å². The van der Waals surface area contributed by atoms with Gasteiger partial charge in [0.1, 0.15) is 5.75 Å². The third kappa shape index (κ3) is 4.97. The topological polar surface area (TPSA) is 66.1 Å². The number of hydrogen-bond acceptors (Lipinski definition) is 6. The molecule has 1 unspecified atom stereocenters. The highest BCUT2D eigenvalue weighted by molar-refractivity contribution is 6.33. The van der Waals surface area contributed by atoms with E-state index in [9.17, 15) is 22.4 Å². The van der Waals surface area contributed by atoms with E-state index >= 15 is 0 Å². The molecule has 1 aromatic rings. The van der Waals surface area contributed by atoms with Crippen LogP contribution < -0.4 is 20.6 Å². The molecule has 0 radical (unpaired) electrons. The highest BCUT2D eigenvalue weighted by atomic mass is 35.5. The molecular formula is C16H17ClF4N4O3. The number of halogens is 5. The molecule has 7 nitrogen and oxygen atoms in total. The Balaban J connectivity index is 1.57. The van der Waals surface area contributed by atoms with Crippen LogP contribution >= 0.6 is 11.6 Å². The molecule has 0 saturated heterocycles. The van der Waals surface area contributed by atoms with Crippen molar-refractivity contribution in [2.45, 2.75) is 44.4 Å². The Hall–Kier alpha value is -2.24. The summed E-state index contributed by atoms with van der Waals surface area (Å²) in [5.74, 6) is -0.767. The third-order valence-corrected chi connectivity index (χ3v) is 4.11. The number of hydroxylamine groups is 1. The lowest BCUT2D eigenvalue weighted by atomic mass is 10.3. The molecule has 0 bridgehead atoms. The molecule has 12 heteroatoms. The summed E-state index contributed by atoms with van der Waals surface area (Å²) in [6.07, 6.45) is -4.49. The van der Waals surface area contributed by atoms with E-state index in [0.717, 1.165) is 25.0 Å². The number of alkyl halides is 4. The average molecular weight is 425 g/mol. The molecule has 1 heterocycles. The van der Waals surface area contributed by atoms with Crippen LogP contribution in [0.4, 0.5) is 23.2 Å². The third-order valence-electron chi connectivity index (χ3n) is 3.81. The van der Waals surface area contributed by atoms with E-state index in [1.807, 2.05) is 0 Å². The minimum atomic E-state index is -4.63. The highest BCUT2D eigenvalue weighted by Gasteiger charge is 2.44. The molecule has 2 aliphatic rings. The molecule has 1 aliphatic carbocycles. The van der Waals surface area contributed by atoms with Crippen LogP contribution in [0.1, 0.15) is 19.8 Å². The van der Waals surface area contributed by atoms with Crippen LogP contribution in [0.3, 0.4) is 0 Å². The summed E-state index contributed by atoms with van der Waals surface area (Å²) in [5.41, 5.74) is 3.06. The molecule has 3 rings (SSSR count). The van der Waals surface area contributed by atoms with Crippen LogP contribution in [0.2, 0.25) is 5.02 Å². The van der Waals surface area contributed by atoms with Crippen LogP contribution in [0.25, 0.3) is 0 Å². The molecule has 1 aliphatic heterocycles. The zero-order valence-corrected chi connectivity index (χ0v) is 15.3. The van der Waals surface area contributed by atoms with Gasteiger partial charge in [0.05, 0.1) is 16.9 Å². The fraction of sp³-hybridized carbons (Fsp3) is 0.438. The first-order valence-corrected chi connectivity index (χ1v) is 8.68. The number of benzene rings is 1. The van der Waals surface area contributed by atoms with E-state index in [1.54, 1.807) is 6.92 Å². The molecule has 1 atom stereocenters. The number of nitrogens with zero attached hydrogens (tertiary/aromatic N) is 2. The summed E-state index contributed by atoms with van der Waals surface area (Å²) in [6, 6.07) is 3.55. The zero-order valence-electron chi connectivity index (χ0n) is 14.5. The molecule has 1 fully saturated rings. The van der Waals surface area contributed by atoms with Gasteiger partial charge in [-0.1, -0.05) is 11.6 Å². The van der Waals surface area contributed by atoms with Gasteiger partial charge >= 0.3 is 12.5 Å². The van der Waals surface area contributed by atoms with Gasteiger partial charge in [-0.15, -0.1) is 5.53 Å². The molecule has 0 aromatic heterocycles. The Kier molecular flexibility index (Phi) is 5.87. The van der Waals surface area contributed by atoms with Crippen molar-refractivity contribution in [1.29, 1.82) is 0 Å². The first-order valence-electron chi connectivity index (χ1n) is 8.30. The van der Waals surface area contributed by atoms with Gasteiger partial charge in [0, 0.05) is 18.3 Å². The molecule has 28 heavy (non-hydrogen) atoms. The van der Waals surface area contributed by atoms with Crippen molar-refractivity contribution in [3.63, 3.8) is 0 Å². The molecule has 1 amide bonds. The molecule has 2 N–H and O–H groups in total. The number of anilines is 1. The van der Waals surface area contributed by atoms with Gasteiger partial charge in [0.15, 0.2) is 6.10 Å². The number of rotatable bonds is 8. The second-order valence-corrected chi connectivity index (χ2v) is 6.61. The first-order chi connectivity index (χ1) is 13.2. The standard InChI is InChI=1S/C16H17ClF4N4O3/c1-9(14(26)22-10-2-3-10)28-25-7-6-24(23-25)13-5-4-11(8-12(13)17)27-16(20,21)15(18)19/h4-10,15,23H,2-3H2,1H3,(H,22,26). The number of ether oxygens (including phenoxy) is 1. The quantitative estimate of drug-likeness (QED) is 0.625. The SMILES string of the molecule is CC(ON1C=CN(c2ccc(OC(F)(F)C(F)F)cc2Cl)N1)C(=O)NC1CC1. The van der Waals surface area contributed by atoms with Crippen molar-refractivity contribution >= 4 is 23.2 Å². The summed E-state index contributed by atoms with van der Waals surface area (Å²) in [6.45, 7) is 1.58. The monoisotopic (exact) mass is 424 g/mol. The fourth-order valence-electron chi connectivity index (χ4n) is 2.21. The number of nitrogens with one attached hydrogen (secondary N) is 2. The van der Waals surface area contributed by atoms with Gasteiger partial charge in [-0.05, 0) is 31.9 Å². The maximum absolute atomic E-state index is 13.0. The Morgan fingerprint density at radius 1 is 1.36 bits per heavy atom. The highest BCUT2D eigenvalue weighted by Crippen LogP contribution is 2.34. The largest absolute Gasteiger partial charge is 0.461 e. The van der Waals surface area contributed by atoms with E-state index in [0.29, 0.717) is 5.69 Å². The van der Waals surface area contributed by atoms with Crippen molar-refractivity contribution in [1.82, 2.24) is 16.0 Å². The van der Waals surface area contributed by atoms with Gasteiger partial charge in [-0.2, -0.15) is 22.7 Å². The lowest BCUT2D eigenvalue weighted by Crippen LogP contribution is -2.45. The van der Waals surface area contributed by atoms with Gasteiger partial charge < -0.3 is 10.1 Å². The van der Waals surface area contributed by atoms with Crippen LogP contribution in [-0.4, -0.2) is 35.8 Å². The number of hydrazine groups is 2. The van der Waals surface area contributed by atoms with Crippen LogP contribution in [0.15, 0.2) is 30.6 Å². The smallest absolute Gasteiger partial charge is 0.428 e. The number of amides is 1. The Morgan fingerprint density at radius 3 is 2.68 bits per heavy atom. The van der Waals surface area contributed by atoms with E-state index in [1.165, 1.54) is 28.6 Å². The van der Waals surface area contributed by atoms with Crippen molar-refractivity contribution in [2.24, 2.45) is 0 Å². The second-order valence-electron chi connectivity index (χ2n) is 6.20. The fourth-order valence-corrected chi connectivity index (χ4v) is 2.47. The minimum Gasteiger partial charge on any atom is -0.428 e. The molecule has 1 saturated carbocycles. The molecule has 154 valence electrons. The van der Waals surface area contributed by atoms with Gasteiger partial charge in [0.2, 0.25) is 0 Å². The second kappa shape index (κ2) is 8.02. The predicted molar refractivity (Wildman–Crippen MR) is 91.3 cm³/mol. The maximum Gasteiger partial charge on any atom is 0.461 e. The van der Waals surface area contributed by atoms with E-state index in [-0.39, 0.29) is 17.0 Å². The molecule has 0 spiro atoms. The summed E-state index contributed by atoms with van der Waals surface area (Å²) in [5, 5.41) is 5.31. The summed E-state index contributed by atoms with van der Waals surface area (Å²) in [7, 11) is 0. The predicted octanol–water partition coefficient (Wildman–Crippen LogP) is 3.19. The number of carbonyl (C=O) groups is 1. The summed E-state index contributed by atoms with van der Waals surface area (Å²) in [4.78, 5) is 17.3. The molecule has 1 aromatic carbocycles. The zero-order chi connectivity index (χ0) is 20.5. The van der Waals surface area contributed by atoms with Crippen molar-refractivity contribution in [3.8, 4) is 5.75 Å². The van der Waals surface area contributed by atoms with Crippen LogP contribution in [0.5, 0.6) is 5.75 Å².